The minimum atomic E-state index is -0.312. The van der Waals surface area contributed by atoms with Crippen molar-refractivity contribution in [2.45, 2.75) is 25.3 Å². The summed E-state index contributed by atoms with van der Waals surface area (Å²) in [5, 5.41) is 0.665. The first-order valence-corrected chi connectivity index (χ1v) is 9.90. The molecule has 2 atom stereocenters. The summed E-state index contributed by atoms with van der Waals surface area (Å²) in [6.45, 7) is 5.94. The molecule has 0 aromatic carbocycles. The van der Waals surface area contributed by atoms with E-state index in [0.29, 0.717) is 17.0 Å². The predicted octanol–water partition coefficient (Wildman–Crippen LogP) is 2.45. The van der Waals surface area contributed by atoms with Crippen LogP contribution in [0.25, 0.3) is 0 Å². The molecular weight excluding hydrogens is 340 g/mol. The van der Waals surface area contributed by atoms with Crippen LogP contribution in [-0.2, 0) is 5.54 Å². The van der Waals surface area contributed by atoms with E-state index in [4.69, 9.17) is 15.7 Å². The zero-order valence-electron chi connectivity index (χ0n) is 13.7. The highest BCUT2D eigenvalue weighted by Crippen LogP contribution is 2.47. The third-order valence-corrected chi connectivity index (χ3v) is 6.58. The molecule has 24 heavy (non-hydrogen) atoms. The van der Waals surface area contributed by atoms with Gasteiger partial charge in [-0.1, -0.05) is 25.6 Å². The number of aliphatic imine (C=N–C) groups is 1. The Balaban J connectivity index is 1.72. The van der Waals surface area contributed by atoms with Crippen LogP contribution in [0.4, 0.5) is 5.95 Å². The molecule has 126 valence electrons. The number of thioether (sulfide) groups is 1. The van der Waals surface area contributed by atoms with E-state index in [1.54, 1.807) is 23.1 Å². The van der Waals surface area contributed by atoms with Crippen LogP contribution in [-0.4, -0.2) is 39.0 Å². The second-order valence-electron chi connectivity index (χ2n) is 6.56. The van der Waals surface area contributed by atoms with Crippen LogP contribution in [0.1, 0.15) is 30.3 Å². The lowest BCUT2D eigenvalue weighted by molar-refractivity contribution is 0.394. The Bertz CT molecular complexity index is 760. The van der Waals surface area contributed by atoms with Gasteiger partial charge in [0.15, 0.2) is 5.17 Å². The third-order valence-electron chi connectivity index (χ3n) is 4.69. The van der Waals surface area contributed by atoms with Gasteiger partial charge in [0.2, 0.25) is 5.95 Å². The molecule has 6 nitrogen and oxygen atoms in total. The van der Waals surface area contributed by atoms with Crippen LogP contribution in [0, 0.1) is 5.92 Å². The molecule has 2 aliphatic rings. The van der Waals surface area contributed by atoms with Crippen LogP contribution in [0.5, 0.6) is 0 Å². The number of anilines is 1. The zero-order valence-corrected chi connectivity index (χ0v) is 15.3. The first kappa shape index (κ1) is 15.8. The molecule has 0 radical (unpaired) electrons. The van der Waals surface area contributed by atoms with Crippen molar-refractivity contribution in [2.24, 2.45) is 16.6 Å². The van der Waals surface area contributed by atoms with Crippen molar-refractivity contribution in [3.8, 4) is 0 Å². The Labute approximate surface area is 149 Å². The van der Waals surface area contributed by atoms with Crippen molar-refractivity contribution in [1.29, 1.82) is 0 Å². The number of fused-ring (bicyclic) bond motifs is 1. The van der Waals surface area contributed by atoms with Crippen molar-refractivity contribution in [2.75, 3.05) is 23.7 Å². The largest absolute Gasteiger partial charge is 0.379 e. The third kappa shape index (κ3) is 2.57. The van der Waals surface area contributed by atoms with Gasteiger partial charge in [0, 0.05) is 36.3 Å². The molecular formula is C16H20N6S2. The van der Waals surface area contributed by atoms with Gasteiger partial charge in [-0.2, -0.15) is 0 Å². The van der Waals surface area contributed by atoms with Crippen LogP contribution < -0.4 is 10.6 Å². The highest BCUT2D eigenvalue weighted by molar-refractivity contribution is 8.13. The molecule has 2 aromatic rings. The molecule has 0 amide bonds. The van der Waals surface area contributed by atoms with Crippen molar-refractivity contribution < 1.29 is 0 Å². The van der Waals surface area contributed by atoms with Crippen LogP contribution in [0.3, 0.4) is 0 Å². The highest BCUT2D eigenvalue weighted by atomic mass is 32.2. The maximum absolute atomic E-state index is 6.08. The van der Waals surface area contributed by atoms with E-state index >= 15 is 0 Å². The van der Waals surface area contributed by atoms with Crippen molar-refractivity contribution >= 4 is 34.2 Å². The van der Waals surface area contributed by atoms with Gasteiger partial charge in [-0.3, -0.25) is 4.98 Å². The number of amidine groups is 1. The molecule has 4 rings (SSSR count). The molecule has 4 heterocycles. The molecule has 0 aliphatic carbocycles. The van der Waals surface area contributed by atoms with E-state index in [-0.39, 0.29) is 5.54 Å². The molecule has 2 N–H and O–H groups in total. The van der Waals surface area contributed by atoms with E-state index in [1.165, 1.54) is 4.88 Å². The number of nitrogens with two attached hydrogens (primary N) is 1. The first-order chi connectivity index (χ1) is 11.6. The fourth-order valence-electron chi connectivity index (χ4n) is 3.39. The Morgan fingerprint density at radius 1 is 1.42 bits per heavy atom. The van der Waals surface area contributed by atoms with Crippen LogP contribution in [0.15, 0.2) is 29.0 Å². The Morgan fingerprint density at radius 3 is 3.04 bits per heavy atom. The second-order valence-corrected chi connectivity index (χ2v) is 8.49. The first-order valence-electron chi connectivity index (χ1n) is 8.03. The molecule has 0 saturated carbocycles. The van der Waals surface area contributed by atoms with E-state index in [0.717, 1.165) is 30.5 Å². The van der Waals surface area contributed by atoms with Gasteiger partial charge < -0.3 is 10.6 Å². The van der Waals surface area contributed by atoms with Gasteiger partial charge in [-0.25, -0.2) is 15.0 Å². The fourth-order valence-corrected chi connectivity index (χ4v) is 5.20. The smallest absolute Gasteiger partial charge is 0.225 e. The Morgan fingerprint density at radius 2 is 2.29 bits per heavy atom. The van der Waals surface area contributed by atoms with Crippen LogP contribution >= 0.6 is 23.1 Å². The van der Waals surface area contributed by atoms with Gasteiger partial charge in [-0.15, -0.1) is 11.3 Å². The van der Waals surface area contributed by atoms with Crippen molar-refractivity contribution in [1.82, 2.24) is 15.0 Å². The summed E-state index contributed by atoms with van der Waals surface area (Å²) >= 11 is 3.29. The van der Waals surface area contributed by atoms with Crippen molar-refractivity contribution in [3.63, 3.8) is 0 Å². The van der Waals surface area contributed by atoms with Gasteiger partial charge in [0.05, 0.1) is 16.9 Å². The van der Waals surface area contributed by atoms with Crippen LogP contribution in [0.2, 0.25) is 0 Å². The van der Waals surface area contributed by atoms with Crippen molar-refractivity contribution in [3.05, 3.63) is 34.5 Å². The maximum atomic E-state index is 6.08. The summed E-state index contributed by atoms with van der Waals surface area (Å²) < 4.78 is 0. The molecule has 0 spiro atoms. The average molecular weight is 361 g/mol. The minimum Gasteiger partial charge on any atom is -0.379 e. The predicted molar refractivity (Wildman–Crippen MR) is 99.7 cm³/mol. The lowest BCUT2D eigenvalue weighted by Gasteiger charge is -2.32. The highest BCUT2D eigenvalue weighted by Gasteiger charge is 2.51. The maximum Gasteiger partial charge on any atom is 0.225 e. The number of thiazole rings is 1. The normalized spacial score (nSPS) is 26.5. The molecule has 2 aromatic heterocycles. The topological polar surface area (TPSA) is 80.3 Å². The molecule has 0 unspecified atom stereocenters. The zero-order chi connectivity index (χ0) is 16.7. The second kappa shape index (κ2) is 6.00. The number of hydrogen-bond donors (Lipinski definition) is 1. The number of aromatic nitrogens is 3. The number of hydrogen-bond acceptors (Lipinski definition) is 8. The van der Waals surface area contributed by atoms with Gasteiger partial charge in [-0.05, 0) is 12.0 Å². The summed E-state index contributed by atoms with van der Waals surface area (Å²) in [6, 6.07) is 1.99. The number of rotatable bonds is 3. The monoisotopic (exact) mass is 360 g/mol. The van der Waals surface area contributed by atoms with Gasteiger partial charge in [0.25, 0.3) is 0 Å². The molecule has 0 bridgehead atoms. The Kier molecular flexibility index (Phi) is 3.96. The fraction of sp³-hybridized carbons (Fsp3) is 0.500. The molecule has 1 saturated heterocycles. The van der Waals surface area contributed by atoms with E-state index in [1.807, 2.05) is 24.0 Å². The standard InChI is InChI=1S/C16H20N6S2/c1-10(2)12-3-4-19-15(20-12)22-6-11-7-23-14(17)21-16(11,8-22)13-5-18-9-24-13/h3-5,9-11H,6-8H2,1-2H3,(H2,17,21)/t11-,16-/m0/s1. The van der Waals surface area contributed by atoms with E-state index < -0.39 is 0 Å². The SMILES string of the molecule is CC(C)c1ccnc(N2C[C@H]3CSC(N)=N[C@@]3(c3cncs3)C2)n1. The Hall–Kier alpha value is -1.67. The lowest BCUT2D eigenvalue weighted by Crippen LogP contribution is -2.39. The lowest BCUT2D eigenvalue weighted by atomic mass is 9.87. The molecule has 1 fully saturated rings. The summed E-state index contributed by atoms with van der Waals surface area (Å²) in [4.78, 5) is 21.8. The van der Waals surface area contributed by atoms with E-state index in [9.17, 15) is 0 Å². The molecule has 2 aliphatic heterocycles. The summed E-state index contributed by atoms with van der Waals surface area (Å²) in [7, 11) is 0. The van der Waals surface area contributed by atoms with E-state index in [2.05, 4.69) is 28.7 Å². The minimum absolute atomic E-state index is 0.312. The average Bonchev–Trinajstić information content (AvgIpc) is 3.22. The number of nitrogens with zero attached hydrogens (tertiary/aromatic N) is 5. The summed E-state index contributed by atoms with van der Waals surface area (Å²) in [5.41, 5.74) is 8.70. The summed E-state index contributed by atoms with van der Waals surface area (Å²) in [5.74, 6) is 2.53. The molecule has 8 heteroatoms. The quantitative estimate of drug-likeness (QED) is 0.905. The van der Waals surface area contributed by atoms with Gasteiger partial charge >= 0.3 is 0 Å². The van der Waals surface area contributed by atoms with Gasteiger partial charge in [0.1, 0.15) is 5.54 Å². The summed E-state index contributed by atoms with van der Waals surface area (Å²) in [6.07, 6.45) is 3.78.